The van der Waals surface area contributed by atoms with Crippen LogP contribution in [-0.2, 0) is 6.42 Å². The molecular weight excluding hydrogens is 284 g/mol. The van der Waals surface area contributed by atoms with Crippen LogP contribution in [0.4, 0.5) is 5.69 Å². The molecule has 0 saturated heterocycles. The molecule has 2 rings (SSSR count). The first-order valence-corrected chi connectivity index (χ1v) is 9.46. The molecule has 0 aliphatic heterocycles. The van der Waals surface area contributed by atoms with Gasteiger partial charge in [-0.05, 0) is 50.3 Å². The molecule has 0 amide bonds. The molecule has 1 aromatic carbocycles. The number of anilines is 1. The third kappa shape index (κ3) is 6.42. The Labute approximate surface area is 142 Å². The summed E-state index contributed by atoms with van der Waals surface area (Å²) in [5, 5.41) is 3.83. The minimum absolute atomic E-state index is 0.487. The molecule has 0 heterocycles. The van der Waals surface area contributed by atoms with E-state index in [4.69, 9.17) is 10.5 Å². The highest BCUT2D eigenvalue weighted by Gasteiger charge is 2.14. The van der Waals surface area contributed by atoms with E-state index in [2.05, 4.69) is 31.3 Å². The van der Waals surface area contributed by atoms with E-state index in [9.17, 15) is 0 Å². The Hall–Kier alpha value is -1.22. The largest absolute Gasteiger partial charge is 0.491 e. The van der Waals surface area contributed by atoms with Crippen molar-refractivity contribution < 1.29 is 4.74 Å². The first-order valence-electron chi connectivity index (χ1n) is 9.46. The van der Waals surface area contributed by atoms with E-state index in [0.29, 0.717) is 12.1 Å². The van der Waals surface area contributed by atoms with Crippen LogP contribution >= 0.6 is 0 Å². The van der Waals surface area contributed by atoms with Gasteiger partial charge in [0.15, 0.2) is 0 Å². The van der Waals surface area contributed by atoms with Gasteiger partial charge in [-0.2, -0.15) is 0 Å². The van der Waals surface area contributed by atoms with Crippen LogP contribution in [0.25, 0.3) is 0 Å². The van der Waals surface area contributed by atoms with Crippen LogP contribution in [0.2, 0.25) is 0 Å². The Morgan fingerprint density at radius 2 is 1.87 bits per heavy atom. The molecule has 0 bridgehead atoms. The summed E-state index contributed by atoms with van der Waals surface area (Å²) < 4.78 is 5.65. The molecule has 1 unspecified atom stereocenters. The van der Waals surface area contributed by atoms with Crippen LogP contribution in [-0.4, -0.2) is 18.7 Å². The minimum Gasteiger partial charge on any atom is -0.491 e. The fraction of sp³-hybridized carbons (Fsp3) is 0.700. The second kappa shape index (κ2) is 9.82. The molecule has 1 saturated carbocycles. The van der Waals surface area contributed by atoms with Gasteiger partial charge in [-0.1, -0.05) is 45.1 Å². The average Bonchev–Trinajstić information content (AvgIpc) is 2.49. The van der Waals surface area contributed by atoms with Crippen molar-refractivity contribution in [3.63, 3.8) is 0 Å². The molecule has 0 aromatic heterocycles. The van der Waals surface area contributed by atoms with Gasteiger partial charge in [-0.3, -0.25) is 0 Å². The van der Waals surface area contributed by atoms with Gasteiger partial charge in [0.25, 0.3) is 0 Å². The van der Waals surface area contributed by atoms with Gasteiger partial charge in [0.1, 0.15) is 5.75 Å². The van der Waals surface area contributed by atoms with Crippen LogP contribution in [0, 0.1) is 0 Å². The van der Waals surface area contributed by atoms with Crippen molar-refractivity contribution in [1.82, 2.24) is 5.32 Å². The van der Waals surface area contributed by atoms with Crippen LogP contribution in [0.5, 0.6) is 5.75 Å². The minimum atomic E-state index is 0.487. The zero-order valence-electron chi connectivity index (χ0n) is 14.9. The standard InChI is InChI=1S/C20H34N2O/c1-3-13-23-20-12-11-17(15-19(20)21)14-16(2)22-18-9-7-5-4-6-8-10-18/h11-12,15-16,18,22H,3-10,13-14,21H2,1-2H3. The Balaban J connectivity index is 1.84. The summed E-state index contributed by atoms with van der Waals surface area (Å²) in [5.74, 6) is 0.816. The van der Waals surface area contributed by atoms with Gasteiger partial charge >= 0.3 is 0 Å². The molecular formula is C20H34N2O. The van der Waals surface area contributed by atoms with Crippen molar-refractivity contribution in [2.45, 2.75) is 83.7 Å². The van der Waals surface area contributed by atoms with Crippen molar-refractivity contribution in [3.05, 3.63) is 23.8 Å². The van der Waals surface area contributed by atoms with Gasteiger partial charge in [0.05, 0.1) is 12.3 Å². The van der Waals surface area contributed by atoms with E-state index < -0.39 is 0 Å². The summed E-state index contributed by atoms with van der Waals surface area (Å²) in [6.07, 6.45) is 11.7. The molecule has 1 aromatic rings. The number of hydrogen-bond donors (Lipinski definition) is 2. The van der Waals surface area contributed by atoms with Gasteiger partial charge in [-0.25, -0.2) is 0 Å². The summed E-state index contributed by atoms with van der Waals surface area (Å²) in [6, 6.07) is 7.41. The van der Waals surface area contributed by atoms with E-state index in [0.717, 1.165) is 30.9 Å². The molecule has 1 atom stereocenters. The third-order valence-electron chi connectivity index (χ3n) is 4.70. The van der Waals surface area contributed by atoms with Crippen molar-refractivity contribution in [3.8, 4) is 5.75 Å². The lowest BCUT2D eigenvalue weighted by molar-refractivity contribution is 0.319. The molecule has 3 N–H and O–H groups in total. The van der Waals surface area contributed by atoms with Gasteiger partial charge in [0, 0.05) is 12.1 Å². The highest BCUT2D eigenvalue weighted by molar-refractivity contribution is 5.54. The van der Waals surface area contributed by atoms with Crippen LogP contribution in [0.15, 0.2) is 18.2 Å². The predicted octanol–water partition coefficient (Wildman–Crippen LogP) is 4.69. The smallest absolute Gasteiger partial charge is 0.142 e. The van der Waals surface area contributed by atoms with E-state index >= 15 is 0 Å². The summed E-state index contributed by atoms with van der Waals surface area (Å²) in [5.41, 5.74) is 8.16. The maximum absolute atomic E-state index is 6.11. The van der Waals surface area contributed by atoms with Crippen molar-refractivity contribution in [1.29, 1.82) is 0 Å². The summed E-state index contributed by atoms with van der Waals surface area (Å²) >= 11 is 0. The normalized spacial score (nSPS) is 18.2. The highest BCUT2D eigenvalue weighted by atomic mass is 16.5. The Kier molecular flexibility index (Phi) is 7.73. The van der Waals surface area contributed by atoms with Crippen LogP contribution in [0.3, 0.4) is 0 Å². The SMILES string of the molecule is CCCOc1ccc(CC(C)NC2CCCCCCC2)cc1N. The second-order valence-corrected chi connectivity index (χ2v) is 7.03. The molecule has 1 fully saturated rings. The molecule has 23 heavy (non-hydrogen) atoms. The van der Waals surface area contributed by atoms with Crippen LogP contribution < -0.4 is 15.8 Å². The fourth-order valence-electron chi connectivity index (χ4n) is 3.51. The average molecular weight is 319 g/mol. The number of nitrogens with one attached hydrogen (secondary N) is 1. The monoisotopic (exact) mass is 318 g/mol. The molecule has 0 radical (unpaired) electrons. The molecule has 1 aliphatic rings. The summed E-state index contributed by atoms with van der Waals surface area (Å²) in [7, 11) is 0. The van der Waals surface area contributed by atoms with E-state index in [1.165, 1.54) is 50.5 Å². The first kappa shape index (κ1) is 18.1. The molecule has 130 valence electrons. The van der Waals surface area contributed by atoms with E-state index in [-0.39, 0.29) is 0 Å². The topological polar surface area (TPSA) is 47.3 Å². The van der Waals surface area contributed by atoms with Gasteiger partial charge in [-0.15, -0.1) is 0 Å². The highest BCUT2D eigenvalue weighted by Crippen LogP contribution is 2.24. The maximum Gasteiger partial charge on any atom is 0.142 e. The number of ether oxygens (including phenoxy) is 1. The number of nitrogen functional groups attached to an aromatic ring is 1. The Bertz CT molecular complexity index is 453. The fourth-order valence-corrected chi connectivity index (χ4v) is 3.51. The Morgan fingerprint density at radius 3 is 2.52 bits per heavy atom. The quantitative estimate of drug-likeness (QED) is 0.717. The zero-order chi connectivity index (χ0) is 16.5. The van der Waals surface area contributed by atoms with Crippen molar-refractivity contribution >= 4 is 5.69 Å². The summed E-state index contributed by atoms with van der Waals surface area (Å²) in [4.78, 5) is 0. The Morgan fingerprint density at radius 1 is 1.17 bits per heavy atom. The maximum atomic E-state index is 6.11. The van der Waals surface area contributed by atoms with E-state index in [1.54, 1.807) is 0 Å². The predicted molar refractivity (Wildman–Crippen MR) is 99.0 cm³/mol. The zero-order valence-corrected chi connectivity index (χ0v) is 14.9. The third-order valence-corrected chi connectivity index (χ3v) is 4.70. The van der Waals surface area contributed by atoms with Gasteiger partial charge < -0.3 is 15.8 Å². The molecule has 3 heteroatoms. The number of benzene rings is 1. The lowest BCUT2D eigenvalue weighted by Crippen LogP contribution is -2.38. The number of nitrogens with two attached hydrogens (primary N) is 1. The molecule has 3 nitrogen and oxygen atoms in total. The molecule has 0 spiro atoms. The molecule has 1 aliphatic carbocycles. The van der Waals surface area contributed by atoms with Crippen molar-refractivity contribution in [2.24, 2.45) is 0 Å². The summed E-state index contributed by atoms with van der Waals surface area (Å²) in [6.45, 7) is 5.12. The lowest BCUT2D eigenvalue weighted by atomic mass is 9.95. The second-order valence-electron chi connectivity index (χ2n) is 7.03. The van der Waals surface area contributed by atoms with Gasteiger partial charge in [0.2, 0.25) is 0 Å². The lowest BCUT2D eigenvalue weighted by Gasteiger charge is -2.25. The number of rotatable bonds is 7. The number of hydrogen-bond acceptors (Lipinski definition) is 3. The van der Waals surface area contributed by atoms with E-state index in [1.807, 2.05) is 6.07 Å². The van der Waals surface area contributed by atoms with Crippen LogP contribution in [0.1, 0.15) is 70.8 Å². The van der Waals surface area contributed by atoms with Crippen molar-refractivity contribution in [2.75, 3.05) is 12.3 Å². The first-order chi connectivity index (χ1) is 11.2.